The van der Waals surface area contributed by atoms with Crippen molar-refractivity contribution < 1.29 is 9.53 Å². The van der Waals surface area contributed by atoms with Gasteiger partial charge >= 0.3 is 5.97 Å². The zero-order valence-electron chi connectivity index (χ0n) is 11.3. The van der Waals surface area contributed by atoms with Gasteiger partial charge in [-0.25, -0.2) is 0 Å². The molecule has 1 saturated heterocycles. The third-order valence-corrected chi connectivity index (χ3v) is 3.73. The lowest BCUT2D eigenvalue weighted by Crippen LogP contribution is -2.28. The van der Waals surface area contributed by atoms with Crippen molar-refractivity contribution in [3.8, 4) is 0 Å². The maximum atomic E-state index is 11.8. The van der Waals surface area contributed by atoms with Gasteiger partial charge < -0.3 is 10.1 Å². The van der Waals surface area contributed by atoms with Crippen molar-refractivity contribution in [3.05, 3.63) is 0 Å². The molecule has 0 spiro atoms. The average Bonchev–Trinajstić information content (AvgIpc) is 2.96. The first-order valence-corrected chi connectivity index (χ1v) is 6.89. The zero-order valence-corrected chi connectivity index (χ0v) is 11.3. The number of rotatable bonds is 3. The van der Waals surface area contributed by atoms with Crippen LogP contribution in [0.4, 0.5) is 0 Å². The summed E-state index contributed by atoms with van der Waals surface area (Å²) in [6.07, 6.45) is 4.83. The van der Waals surface area contributed by atoms with Crippen molar-refractivity contribution in [1.82, 2.24) is 5.32 Å². The number of esters is 1. The van der Waals surface area contributed by atoms with E-state index in [-0.39, 0.29) is 17.5 Å². The molecule has 0 aromatic rings. The summed E-state index contributed by atoms with van der Waals surface area (Å²) in [6.45, 7) is 8.11. The van der Waals surface area contributed by atoms with Gasteiger partial charge in [-0.2, -0.15) is 0 Å². The number of piperidine rings is 1. The molecule has 3 nitrogen and oxygen atoms in total. The Kier molecular flexibility index (Phi) is 3.76. The molecule has 1 N–H and O–H groups in total. The molecule has 1 heterocycles. The highest BCUT2D eigenvalue weighted by Crippen LogP contribution is 2.45. The molecule has 2 fully saturated rings. The minimum Gasteiger partial charge on any atom is -0.460 e. The summed E-state index contributed by atoms with van der Waals surface area (Å²) in [5, 5.41) is 3.38. The van der Waals surface area contributed by atoms with Gasteiger partial charge in [0.05, 0.1) is 5.92 Å². The lowest BCUT2D eigenvalue weighted by Gasteiger charge is -2.23. The summed E-state index contributed by atoms with van der Waals surface area (Å²) in [7, 11) is 0. The van der Waals surface area contributed by atoms with Crippen molar-refractivity contribution in [3.63, 3.8) is 0 Å². The van der Waals surface area contributed by atoms with E-state index in [1.54, 1.807) is 0 Å². The first kappa shape index (κ1) is 12.9. The molecule has 1 aliphatic heterocycles. The number of carbonyl (C=O) groups excluding carboxylic acids is 1. The SMILES string of the molecule is CC(C)(C)OC(=O)[C@@H]1C[C@H]1CC1CCNCC1. The maximum absolute atomic E-state index is 11.8. The quantitative estimate of drug-likeness (QED) is 0.768. The van der Waals surface area contributed by atoms with Crippen molar-refractivity contribution in [2.24, 2.45) is 17.8 Å². The zero-order chi connectivity index (χ0) is 12.5. The van der Waals surface area contributed by atoms with Gasteiger partial charge in [-0.1, -0.05) is 0 Å². The summed E-state index contributed by atoms with van der Waals surface area (Å²) in [5.41, 5.74) is -0.334. The minimum absolute atomic E-state index is 0.0245. The predicted molar refractivity (Wildman–Crippen MR) is 67.7 cm³/mol. The van der Waals surface area contributed by atoms with Crippen molar-refractivity contribution in [2.45, 2.75) is 52.1 Å². The highest BCUT2D eigenvalue weighted by Gasteiger charge is 2.45. The van der Waals surface area contributed by atoms with Crippen LogP contribution in [0.15, 0.2) is 0 Å². The van der Waals surface area contributed by atoms with Gasteiger partial charge in [0, 0.05) is 0 Å². The van der Waals surface area contributed by atoms with E-state index >= 15 is 0 Å². The molecule has 1 aliphatic carbocycles. The van der Waals surface area contributed by atoms with E-state index < -0.39 is 0 Å². The van der Waals surface area contributed by atoms with Crippen molar-refractivity contribution in [1.29, 1.82) is 0 Å². The number of carbonyl (C=O) groups is 1. The second-order valence-electron chi connectivity index (χ2n) is 6.56. The Morgan fingerprint density at radius 2 is 1.94 bits per heavy atom. The van der Waals surface area contributed by atoms with Gasteiger partial charge in [0.2, 0.25) is 0 Å². The average molecular weight is 239 g/mol. The molecule has 2 aliphatic rings. The molecule has 0 radical (unpaired) electrons. The Balaban J connectivity index is 1.71. The molecule has 0 aromatic carbocycles. The molecule has 2 atom stereocenters. The Morgan fingerprint density at radius 3 is 2.53 bits per heavy atom. The van der Waals surface area contributed by atoms with Crippen LogP contribution in [0.1, 0.15) is 46.5 Å². The molecule has 2 rings (SSSR count). The molecule has 0 unspecified atom stereocenters. The topological polar surface area (TPSA) is 38.3 Å². The van der Waals surface area contributed by atoms with Crippen LogP contribution in [-0.2, 0) is 9.53 Å². The Labute approximate surface area is 104 Å². The van der Waals surface area contributed by atoms with Gasteiger partial charge in [0.15, 0.2) is 0 Å². The first-order chi connectivity index (χ1) is 7.96. The standard InChI is InChI=1S/C14H25NO2/c1-14(2,3)17-13(16)12-9-11(12)8-10-4-6-15-7-5-10/h10-12,15H,4-9H2,1-3H3/t11-,12-/m1/s1. The van der Waals surface area contributed by atoms with Crippen molar-refractivity contribution in [2.75, 3.05) is 13.1 Å². The first-order valence-electron chi connectivity index (χ1n) is 6.89. The number of ether oxygens (including phenoxy) is 1. The monoisotopic (exact) mass is 239 g/mol. The smallest absolute Gasteiger partial charge is 0.309 e. The molecule has 3 heteroatoms. The van der Waals surface area contributed by atoms with Crippen LogP contribution >= 0.6 is 0 Å². The summed E-state index contributed by atoms with van der Waals surface area (Å²) in [4.78, 5) is 11.8. The minimum atomic E-state index is -0.334. The highest BCUT2D eigenvalue weighted by molar-refractivity contribution is 5.76. The van der Waals surface area contributed by atoms with Gasteiger partial charge in [-0.15, -0.1) is 0 Å². The van der Waals surface area contributed by atoms with Crippen LogP contribution < -0.4 is 5.32 Å². The normalized spacial score (nSPS) is 30.1. The second kappa shape index (κ2) is 4.97. The van der Waals surface area contributed by atoms with E-state index in [9.17, 15) is 4.79 Å². The van der Waals surface area contributed by atoms with E-state index in [0.717, 1.165) is 25.4 Å². The Hall–Kier alpha value is -0.570. The Morgan fingerprint density at radius 1 is 1.29 bits per heavy atom. The summed E-state index contributed by atoms with van der Waals surface area (Å²) >= 11 is 0. The molecule has 0 bridgehead atoms. The Bertz CT molecular complexity index is 276. The maximum Gasteiger partial charge on any atom is 0.309 e. The lowest BCUT2D eigenvalue weighted by molar-refractivity contribution is -0.156. The number of nitrogens with one attached hydrogen (secondary N) is 1. The number of hydrogen-bond donors (Lipinski definition) is 1. The van der Waals surface area contributed by atoms with Crippen LogP contribution in [0.3, 0.4) is 0 Å². The van der Waals surface area contributed by atoms with E-state index in [2.05, 4.69) is 5.32 Å². The molecular weight excluding hydrogens is 214 g/mol. The summed E-state index contributed by atoms with van der Waals surface area (Å²) in [6, 6.07) is 0. The van der Waals surface area contributed by atoms with E-state index in [4.69, 9.17) is 4.74 Å². The fourth-order valence-electron chi connectivity index (χ4n) is 2.72. The van der Waals surface area contributed by atoms with Crippen LogP contribution in [0, 0.1) is 17.8 Å². The molecule has 98 valence electrons. The predicted octanol–water partition coefficient (Wildman–Crippen LogP) is 2.35. The van der Waals surface area contributed by atoms with Gasteiger partial charge in [0.25, 0.3) is 0 Å². The molecule has 0 aromatic heterocycles. The second-order valence-corrected chi connectivity index (χ2v) is 6.56. The van der Waals surface area contributed by atoms with Crippen molar-refractivity contribution >= 4 is 5.97 Å². The molecule has 1 saturated carbocycles. The van der Waals surface area contributed by atoms with E-state index in [1.807, 2.05) is 20.8 Å². The van der Waals surface area contributed by atoms with E-state index in [1.165, 1.54) is 19.3 Å². The third kappa shape index (κ3) is 3.98. The van der Waals surface area contributed by atoms with E-state index in [0.29, 0.717) is 5.92 Å². The van der Waals surface area contributed by atoms with Crippen LogP contribution in [0.25, 0.3) is 0 Å². The fourth-order valence-corrected chi connectivity index (χ4v) is 2.72. The van der Waals surface area contributed by atoms with Crippen LogP contribution in [-0.4, -0.2) is 24.7 Å². The molecule has 0 amide bonds. The lowest BCUT2D eigenvalue weighted by atomic mass is 9.92. The molecule has 17 heavy (non-hydrogen) atoms. The van der Waals surface area contributed by atoms with Crippen LogP contribution in [0.5, 0.6) is 0 Å². The molecular formula is C14H25NO2. The summed E-state index contributed by atoms with van der Waals surface area (Å²) in [5.74, 6) is 1.65. The van der Waals surface area contributed by atoms with Gasteiger partial charge in [-0.05, 0) is 71.4 Å². The highest BCUT2D eigenvalue weighted by atomic mass is 16.6. The third-order valence-electron chi connectivity index (χ3n) is 3.73. The van der Waals surface area contributed by atoms with Gasteiger partial charge in [-0.3, -0.25) is 4.79 Å². The summed E-state index contributed by atoms with van der Waals surface area (Å²) < 4.78 is 5.43. The van der Waals surface area contributed by atoms with Gasteiger partial charge in [0.1, 0.15) is 5.60 Å². The largest absolute Gasteiger partial charge is 0.460 e. The number of hydrogen-bond acceptors (Lipinski definition) is 3. The fraction of sp³-hybridized carbons (Fsp3) is 0.929. The van der Waals surface area contributed by atoms with Crippen LogP contribution in [0.2, 0.25) is 0 Å².